The monoisotopic (exact) mass is 402 g/mol. The molecule has 0 aliphatic rings. The smallest absolute Gasteiger partial charge is 0.234 e. The number of nitrogens with one attached hydrogen (secondary N) is 1. The van der Waals surface area contributed by atoms with Crippen molar-refractivity contribution >= 4 is 39.4 Å². The van der Waals surface area contributed by atoms with Gasteiger partial charge in [0.25, 0.3) is 0 Å². The van der Waals surface area contributed by atoms with Crippen LogP contribution in [0.15, 0.2) is 48.5 Å². The van der Waals surface area contributed by atoms with Crippen molar-refractivity contribution in [3.8, 4) is 10.6 Å². The summed E-state index contributed by atoms with van der Waals surface area (Å²) in [6.07, 6.45) is 1.46. The molecule has 0 atom stereocenters. The van der Waals surface area contributed by atoms with E-state index in [0.29, 0.717) is 28.6 Å². The second kappa shape index (κ2) is 7.02. The number of carbonyl (C=O) groups excluding carboxylic acids is 2. The summed E-state index contributed by atoms with van der Waals surface area (Å²) in [5, 5.41) is 13.7. The van der Waals surface area contributed by atoms with Crippen LogP contribution in [0.2, 0.25) is 0 Å². The zero-order valence-electron chi connectivity index (χ0n) is 15.1. The lowest BCUT2D eigenvalue weighted by Gasteiger charge is -1.97. The van der Waals surface area contributed by atoms with Crippen LogP contribution in [0.25, 0.3) is 26.6 Å². The number of H-pyrrole nitrogens is 1. The predicted molar refractivity (Wildman–Crippen MR) is 108 cm³/mol. The summed E-state index contributed by atoms with van der Waals surface area (Å²) < 4.78 is 1.67. The van der Waals surface area contributed by atoms with Crippen LogP contribution in [0, 0.1) is 0 Å². The lowest BCUT2D eigenvalue weighted by molar-refractivity contribution is 0.0973. The van der Waals surface area contributed by atoms with Gasteiger partial charge in [0.05, 0.1) is 11.0 Å². The summed E-state index contributed by atoms with van der Waals surface area (Å²) in [6.45, 7) is 0. The fourth-order valence-corrected chi connectivity index (χ4v) is 3.93. The summed E-state index contributed by atoms with van der Waals surface area (Å²) in [4.78, 5) is 31.4. The molecule has 142 valence electrons. The Hall–Kier alpha value is -3.72. The summed E-state index contributed by atoms with van der Waals surface area (Å²) in [5.74, 6) is 0.885. The fraction of sp³-hybridized carbons (Fsp3) is 0.100. The first-order valence-electron chi connectivity index (χ1n) is 8.96. The van der Waals surface area contributed by atoms with Crippen molar-refractivity contribution < 1.29 is 9.59 Å². The maximum atomic E-state index is 12.5. The minimum absolute atomic E-state index is 0.0853. The van der Waals surface area contributed by atoms with Crippen LogP contribution in [0.3, 0.4) is 0 Å². The van der Waals surface area contributed by atoms with E-state index in [1.54, 1.807) is 16.6 Å². The number of Topliss-reactive ketones (excluding diaryl/α,β-unsaturated/α-hetero) is 1. The molecule has 0 spiro atoms. The van der Waals surface area contributed by atoms with Gasteiger partial charge in [0, 0.05) is 24.0 Å². The molecule has 0 amide bonds. The van der Waals surface area contributed by atoms with Gasteiger partial charge in [-0.25, -0.2) is 4.98 Å². The number of para-hydroxylation sites is 2. The number of carbonyl (C=O) groups is 2. The molecule has 5 rings (SSSR count). The van der Waals surface area contributed by atoms with Gasteiger partial charge < -0.3 is 4.98 Å². The molecule has 3 aromatic heterocycles. The van der Waals surface area contributed by atoms with Crippen LogP contribution in [0.5, 0.6) is 0 Å². The maximum Gasteiger partial charge on any atom is 0.234 e. The molecular formula is C20H14N6O2S. The molecule has 29 heavy (non-hydrogen) atoms. The van der Waals surface area contributed by atoms with Gasteiger partial charge in [-0.3, -0.25) is 9.59 Å². The minimum Gasteiger partial charge on any atom is -0.335 e. The van der Waals surface area contributed by atoms with Crippen LogP contribution in [-0.4, -0.2) is 41.8 Å². The van der Waals surface area contributed by atoms with Crippen LogP contribution >= 0.6 is 11.3 Å². The Balaban J connectivity index is 1.35. The highest BCUT2D eigenvalue weighted by Gasteiger charge is 2.16. The van der Waals surface area contributed by atoms with Crippen molar-refractivity contribution in [1.82, 2.24) is 29.8 Å². The highest BCUT2D eigenvalue weighted by atomic mass is 32.1. The van der Waals surface area contributed by atoms with E-state index in [9.17, 15) is 9.59 Å². The molecule has 0 bridgehead atoms. The van der Waals surface area contributed by atoms with Crippen molar-refractivity contribution in [3.05, 3.63) is 65.7 Å². The van der Waals surface area contributed by atoms with Crippen LogP contribution in [-0.2, 0) is 6.42 Å². The van der Waals surface area contributed by atoms with Crippen molar-refractivity contribution in [3.63, 3.8) is 0 Å². The third-order valence-electron chi connectivity index (χ3n) is 4.58. The molecule has 0 saturated heterocycles. The SMILES string of the molecule is O=Cc1ccc(-c2nn3c(CCC(=O)c4nc5ccccc5[nH]4)nnc3s2)cc1. The Morgan fingerprint density at radius 1 is 1.10 bits per heavy atom. The third-order valence-corrected chi connectivity index (χ3v) is 5.53. The van der Waals surface area contributed by atoms with Gasteiger partial charge in [0.1, 0.15) is 11.3 Å². The van der Waals surface area contributed by atoms with Crippen LogP contribution in [0.1, 0.15) is 33.2 Å². The summed E-state index contributed by atoms with van der Waals surface area (Å²) in [5.41, 5.74) is 3.12. The topological polar surface area (TPSA) is 106 Å². The summed E-state index contributed by atoms with van der Waals surface area (Å²) in [7, 11) is 0. The first kappa shape index (κ1) is 17.4. The Labute approximate surface area is 168 Å². The maximum absolute atomic E-state index is 12.5. The number of nitrogens with zero attached hydrogens (tertiary/aromatic N) is 5. The number of aldehydes is 1. The molecule has 0 aliphatic heterocycles. The molecule has 1 N–H and O–H groups in total. The number of aryl methyl sites for hydroxylation is 1. The van der Waals surface area contributed by atoms with Crippen molar-refractivity contribution in [2.75, 3.05) is 0 Å². The Morgan fingerprint density at radius 3 is 2.72 bits per heavy atom. The predicted octanol–water partition coefficient (Wildman–Crippen LogP) is 3.36. The summed E-state index contributed by atoms with van der Waals surface area (Å²) >= 11 is 1.40. The normalized spacial score (nSPS) is 11.3. The lowest BCUT2D eigenvalue weighted by atomic mass is 10.2. The average Bonchev–Trinajstić information content (AvgIpc) is 3.46. The minimum atomic E-state index is -0.0853. The van der Waals surface area contributed by atoms with Gasteiger partial charge in [0.2, 0.25) is 4.96 Å². The van der Waals surface area contributed by atoms with Crippen molar-refractivity contribution in [2.45, 2.75) is 12.8 Å². The largest absolute Gasteiger partial charge is 0.335 e. The highest BCUT2D eigenvalue weighted by molar-refractivity contribution is 7.19. The second-order valence-corrected chi connectivity index (χ2v) is 7.44. The molecule has 9 heteroatoms. The zero-order chi connectivity index (χ0) is 19.8. The number of ketones is 1. The first-order valence-corrected chi connectivity index (χ1v) is 9.77. The number of fused-ring (bicyclic) bond motifs is 2. The highest BCUT2D eigenvalue weighted by Crippen LogP contribution is 2.26. The third kappa shape index (κ3) is 3.21. The van der Waals surface area contributed by atoms with E-state index < -0.39 is 0 Å². The van der Waals surface area contributed by atoms with Crippen molar-refractivity contribution in [1.29, 1.82) is 0 Å². The second-order valence-electron chi connectivity index (χ2n) is 6.48. The molecule has 0 unspecified atom stereocenters. The van der Waals surface area contributed by atoms with Crippen LogP contribution in [0.4, 0.5) is 0 Å². The van der Waals surface area contributed by atoms with Gasteiger partial charge in [-0.1, -0.05) is 47.7 Å². The van der Waals surface area contributed by atoms with E-state index in [-0.39, 0.29) is 12.2 Å². The summed E-state index contributed by atoms with van der Waals surface area (Å²) in [6, 6.07) is 14.7. The van der Waals surface area contributed by atoms with Crippen molar-refractivity contribution in [2.24, 2.45) is 0 Å². The number of benzene rings is 2. The van der Waals surface area contributed by atoms with E-state index in [1.165, 1.54) is 11.3 Å². The standard InChI is InChI=1S/C20H14N6O2S/c27-11-12-5-7-13(8-6-12)19-25-26-17(23-24-20(26)29-19)10-9-16(28)18-21-14-3-1-2-4-15(14)22-18/h1-8,11H,9-10H2,(H,21,22). The molecule has 0 aliphatic carbocycles. The van der Waals surface area contributed by atoms with E-state index >= 15 is 0 Å². The molecule has 0 fully saturated rings. The number of imidazole rings is 1. The molecule has 5 aromatic rings. The molecule has 0 saturated carbocycles. The number of rotatable bonds is 6. The fourth-order valence-electron chi connectivity index (χ4n) is 3.06. The van der Waals surface area contributed by atoms with Gasteiger partial charge in [-0.15, -0.1) is 10.2 Å². The zero-order valence-corrected chi connectivity index (χ0v) is 15.9. The molecule has 8 nitrogen and oxygen atoms in total. The van der Waals surface area contributed by atoms with E-state index in [1.807, 2.05) is 36.4 Å². The van der Waals surface area contributed by atoms with Gasteiger partial charge in [0.15, 0.2) is 17.4 Å². The Kier molecular flexibility index (Phi) is 4.21. The molecule has 2 aromatic carbocycles. The van der Waals surface area contributed by atoms with Gasteiger partial charge in [-0.2, -0.15) is 9.61 Å². The first-order chi connectivity index (χ1) is 14.2. The average molecular weight is 402 g/mol. The lowest BCUT2D eigenvalue weighted by Crippen LogP contribution is -2.06. The van der Waals surface area contributed by atoms with Gasteiger partial charge in [-0.05, 0) is 12.1 Å². The van der Waals surface area contributed by atoms with Crippen LogP contribution < -0.4 is 0 Å². The molecule has 3 heterocycles. The molecular weight excluding hydrogens is 388 g/mol. The van der Waals surface area contributed by atoms with E-state index in [4.69, 9.17) is 0 Å². The number of hydrogen-bond donors (Lipinski definition) is 1. The Morgan fingerprint density at radius 2 is 1.93 bits per heavy atom. The van der Waals surface area contributed by atoms with E-state index in [2.05, 4.69) is 25.3 Å². The number of hydrogen-bond acceptors (Lipinski definition) is 7. The Bertz CT molecular complexity index is 1320. The van der Waals surface area contributed by atoms with E-state index in [0.717, 1.165) is 27.9 Å². The quantitative estimate of drug-likeness (QED) is 0.345. The number of aromatic nitrogens is 6. The molecule has 0 radical (unpaired) electrons. The van der Waals surface area contributed by atoms with Gasteiger partial charge >= 0.3 is 0 Å². The number of aromatic amines is 1.